The molecule has 1 aliphatic heterocycles. The smallest absolute Gasteiger partial charge is 0.217 e. The van der Waals surface area contributed by atoms with Crippen molar-refractivity contribution in [1.29, 1.82) is 0 Å². The Labute approximate surface area is 156 Å². The van der Waals surface area contributed by atoms with Crippen LogP contribution in [0.2, 0.25) is 0 Å². The number of anilines is 2. The summed E-state index contributed by atoms with van der Waals surface area (Å²) in [6.07, 6.45) is 2.24. The van der Waals surface area contributed by atoms with Crippen LogP contribution in [0.5, 0.6) is 0 Å². The zero-order valence-corrected chi connectivity index (χ0v) is 14.8. The minimum atomic E-state index is 0.949. The quantitative estimate of drug-likeness (QED) is 0.421. The Hall–Kier alpha value is -3.40. The third kappa shape index (κ3) is 2.10. The number of imidazole rings is 1. The van der Waals surface area contributed by atoms with E-state index < -0.39 is 0 Å². The van der Waals surface area contributed by atoms with Gasteiger partial charge in [-0.15, -0.1) is 0 Å². The first-order chi connectivity index (χ1) is 13.4. The molecule has 130 valence electrons. The molecule has 0 saturated heterocycles. The molecule has 5 aromatic rings. The van der Waals surface area contributed by atoms with E-state index in [4.69, 9.17) is 9.97 Å². The van der Waals surface area contributed by atoms with Crippen molar-refractivity contribution in [2.24, 2.45) is 0 Å². The lowest BCUT2D eigenvalue weighted by Crippen LogP contribution is -2.27. The van der Waals surface area contributed by atoms with Gasteiger partial charge < -0.3 is 4.90 Å². The summed E-state index contributed by atoms with van der Waals surface area (Å²) in [5.41, 5.74) is 6.70. The van der Waals surface area contributed by atoms with Crippen LogP contribution in [0.1, 0.15) is 12.0 Å². The Kier molecular flexibility index (Phi) is 3.03. The summed E-state index contributed by atoms with van der Waals surface area (Å²) in [5.74, 6) is 0.949. The molecule has 0 radical (unpaired) electrons. The lowest BCUT2D eigenvalue weighted by molar-refractivity contribution is 0.749. The van der Waals surface area contributed by atoms with Crippen molar-refractivity contribution in [3.63, 3.8) is 0 Å². The molecule has 0 spiro atoms. The molecule has 6 rings (SSSR count). The predicted molar refractivity (Wildman–Crippen MR) is 110 cm³/mol. The molecule has 0 fully saturated rings. The maximum atomic E-state index is 5.10. The van der Waals surface area contributed by atoms with Gasteiger partial charge >= 0.3 is 0 Å². The number of aryl methyl sites for hydroxylation is 1. The highest BCUT2D eigenvalue weighted by Crippen LogP contribution is 2.35. The van der Waals surface area contributed by atoms with Crippen LogP contribution in [-0.2, 0) is 6.42 Å². The number of fused-ring (bicyclic) bond motifs is 6. The Morgan fingerprint density at radius 1 is 0.741 bits per heavy atom. The summed E-state index contributed by atoms with van der Waals surface area (Å²) in [6, 6.07) is 25.3. The van der Waals surface area contributed by atoms with E-state index in [2.05, 4.69) is 70.0 Å². The normalized spacial score (nSPS) is 14.1. The lowest BCUT2D eigenvalue weighted by atomic mass is 10.0. The third-order valence-corrected chi connectivity index (χ3v) is 5.48. The highest BCUT2D eigenvalue weighted by atomic mass is 15.3. The summed E-state index contributed by atoms with van der Waals surface area (Å²) in [5, 5.41) is 1.09. The van der Waals surface area contributed by atoms with Crippen molar-refractivity contribution in [2.45, 2.75) is 12.8 Å². The van der Waals surface area contributed by atoms with E-state index in [1.165, 1.54) is 11.3 Å². The van der Waals surface area contributed by atoms with Crippen LogP contribution in [0.3, 0.4) is 0 Å². The minimum absolute atomic E-state index is 0.949. The topological polar surface area (TPSA) is 33.4 Å². The lowest BCUT2D eigenvalue weighted by Gasteiger charge is -2.31. The highest BCUT2D eigenvalue weighted by molar-refractivity contribution is 5.98. The van der Waals surface area contributed by atoms with Crippen molar-refractivity contribution in [2.75, 3.05) is 11.4 Å². The standard InChI is InChI=1S/C23H18N4/c1-5-13-20-16(8-1)9-7-15-26(20)23-25-18-11-3-2-10-17(18)22-24-19-12-4-6-14-21(19)27(22)23/h1-6,8,10-14H,7,9,15H2. The molecule has 0 aliphatic carbocycles. The first-order valence-electron chi connectivity index (χ1n) is 9.41. The molecule has 4 nitrogen and oxygen atoms in total. The molecule has 3 heterocycles. The highest BCUT2D eigenvalue weighted by Gasteiger charge is 2.23. The largest absolute Gasteiger partial charge is 0.311 e. The van der Waals surface area contributed by atoms with Gasteiger partial charge in [0.05, 0.1) is 16.6 Å². The van der Waals surface area contributed by atoms with E-state index in [1.807, 2.05) is 12.1 Å². The fourth-order valence-electron chi connectivity index (χ4n) is 4.25. The van der Waals surface area contributed by atoms with E-state index in [9.17, 15) is 0 Å². The van der Waals surface area contributed by atoms with Crippen molar-refractivity contribution in [3.8, 4) is 0 Å². The summed E-state index contributed by atoms with van der Waals surface area (Å²) in [4.78, 5) is 12.4. The number of para-hydroxylation sites is 4. The monoisotopic (exact) mass is 350 g/mol. The molecule has 2 aromatic heterocycles. The van der Waals surface area contributed by atoms with E-state index >= 15 is 0 Å². The van der Waals surface area contributed by atoms with E-state index in [0.717, 1.165) is 52.9 Å². The zero-order valence-electron chi connectivity index (χ0n) is 14.8. The van der Waals surface area contributed by atoms with Gasteiger partial charge in [-0.3, -0.25) is 4.40 Å². The number of hydrogen-bond donors (Lipinski definition) is 0. The van der Waals surface area contributed by atoms with Crippen molar-refractivity contribution >= 4 is 39.2 Å². The molecule has 4 heteroatoms. The Morgan fingerprint density at radius 3 is 2.48 bits per heavy atom. The summed E-state index contributed by atoms with van der Waals surface area (Å²) in [6.45, 7) is 0.962. The molecule has 0 unspecified atom stereocenters. The predicted octanol–water partition coefficient (Wildman–Crippen LogP) is 5.12. The first-order valence-corrected chi connectivity index (χ1v) is 9.41. The van der Waals surface area contributed by atoms with E-state index in [0.29, 0.717) is 0 Å². The fraction of sp³-hybridized carbons (Fsp3) is 0.130. The third-order valence-electron chi connectivity index (χ3n) is 5.48. The number of hydrogen-bond acceptors (Lipinski definition) is 3. The van der Waals surface area contributed by atoms with Crippen LogP contribution in [0.15, 0.2) is 72.8 Å². The molecule has 1 aliphatic rings. The van der Waals surface area contributed by atoms with Crippen LogP contribution >= 0.6 is 0 Å². The molecule has 3 aromatic carbocycles. The molecule has 0 N–H and O–H groups in total. The molecular weight excluding hydrogens is 332 g/mol. The van der Waals surface area contributed by atoms with Crippen LogP contribution < -0.4 is 4.90 Å². The molecular formula is C23H18N4. The molecule has 0 bridgehead atoms. The van der Waals surface area contributed by atoms with Crippen molar-refractivity contribution in [1.82, 2.24) is 14.4 Å². The van der Waals surface area contributed by atoms with Crippen LogP contribution in [0, 0.1) is 0 Å². The average Bonchev–Trinajstić information content (AvgIpc) is 3.13. The number of nitrogens with zero attached hydrogens (tertiary/aromatic N) is 4. The summed E-state index contributed by atoms with van der Waals surface area (Å²) in [7, 11) is 0. The average molecular weight is 350 g/mol. The van der Waals surface area contributed by atoms with Crippen molar-refractivity contribution in [3.05, 3.63) is 78.4 Å². The Morgan fingerprint density at radius 2 is 1.52 bits per heavy atom. The van der Waals surface area contributed by atoms with Gasteiger partial charge in [-0.25, -0.2) is 9.97 Å². The maximum Gasteiger partial charge on any atom is 0.217 e. The van der Waals surface area contributed by atoms with Crippen LogP contribution in [0.4, 0.5) is 11.6 Å². The van der Waals surface area contributed by atoms with Crippen LogP contribution in [0.25, 0.3) is 27.6 Å². The van der Waals surface area contributed by atoms with Gasteiger partial charge in [-0.1, -0.05) is 42.5 Å². The number of rotatable bonds is 1. The SMILES string of the molecule is c1ccc2c(c1)CCCN2c1nc2ccccc2c2nc3ccccc3n12. The Balaban J connectivity index is 1.76. The number of benzene rings is 3. The van der Waals surface area contributed by atoms with Gasteiger partial charge in [0.15, 0.2) is 0 Å². The molecule has 0 atom stereocenters. The summed E-state index contributed by atoms with van der Waals surface area (Å²) >= 11 is 0. The summed E-state index contributed by atoms with van der Waals surface area (Å²) < 4.78 is 2.22. The van der Waals surface area contributed by atoms with E-state index in [-0.39, 0.29) is 0 Å². The van der Waals surface area contributed by atoms with E-state index in [1.54, 1.807) is 0 Å². The second kappa shape index (κ2) is 5.55. The molecule has 0 saturated carbocycles. The fourth-order valence-corrected chi connectivity index (χ4v) is 4.25. The first kappa shape index (κ1) is 14.7. The van der Waals surface area contributed by atoms with Gasteiger partial charge in [0.1, 0.15) is 5.65 Å². The van der Waals surface area contributed by atoms with Crippen molar-refractivity contribution < 1.29 is 0 Å². The molecule has 0 amide bonds. The maximum absolute atomic E-state index is 5.10. The van der Waals surface area contributed by atoms with Gasteiger partial charge in [-0.2, -0.15) is 0 Å². The molecule has 27 heavy (non-hydrogen) atoms. The minimum Gasteiger partial charge on any atom is -0.311 e. The second-order valence-corrected chi connectivity index (χ2v) is 7.07. The van der Waals surface area contributed by atoms with Gasteiger partial charge in [0.25, 0.3) is 0 Å². The van der Waals surface area contributed by atoms with Gasteiger partial charge in [-0.05, 0) is 48.7 Å². The number of aromatic nitrogens is 3. The second-order valence-electron chi connectivity index (χ2n) is 7.07. The van der Waals surface area contributed by atoms with Crippen LogP contribution in [-0.4, -0.2) is 20.9 Å². The zero-order chi connectivity index (χ0) is 17.8. The van der Waals surface area contributed by atoms with Gasteiger partial charge in [0.2, 0.25) is 5.95 Å². The van der Waals surface area contributed by atoms with Gasteiger partial charge in [0, 0.05) is 17.6 Å². The Bertz CT molecular complexity index is 1320.